The van der Waals surface area contributed by atoms with E-state index in [0.29, 0.717) is 20.6 Å². The van der Waals surface area contributed by atoms with E-state index in [1.807, 2.05) is 35.0 Å². The smallest absolute Gasteiger partial charge is 0.185 e. The minimum atomic E-state index is -0.0939. The van der Waals surface area contributed by atoms with Gasteiger partial charge in [0.05, 0.1) is 0 Å². The molecule has 3 aromatic rings. The molecule has 0 fully saturated rings. The van der Waals surface area contributed by atoms with Crippen LogP contribution in [-0.4, -0.2) is 10.4 Å². The van der Waals surface area contributed by atoms with Crippen LogP contribution in [0, 0.1) is 0 Å². The minimum Gasteiger partial charge on any atom is -0.317 e. The lowest BCUT2D eigenvalue weighted by atomic mass is 10.1. The summed E-state index contributed by atoms with van der Waals surface area (Å²) in [4.78, 5) is 12.2. The average Bonchev–Trinajstić information content (AvgIpc) is 3.01. The summed E-state index contributed by atoms with van der Waals surface area (Å²) in [6.45, 7) is 0. The van der Waals surface area contributed by atoms with Gasteiger partial charge in [0, 0.05) is 38.2 Å². The fourth-order valence-corrected chi connectivity index (χ4v) is 2.96. The van der Waals surface area contributed by atoms with Gasteiger partial charge in [0.2, 0.25) is 0 Å². The number of aromatic nitrogens is 1. The van der Waals surface area contributed by atoms with Gasteiger partial charge >= 0.3 is 0 Å². The number of rotatable bonds is 4. The summed E-state index contributed by atoms with van der Waals surface area (Å²) in [6, 6.07) is 15.9. The van der Waals surface area contributed by atoms with Crippen molar-refractivity contribution >= 4 is 46.7 Å². The number of ketones is 1. The molecule has 0 aliphatic rings. The Morgan fingerprint density at radius 2 is 1.54 bits per heavy atom. The Hall–Kier alpha value is -2.00. The van der Waals surface area contributed by atoms with Gasteiger partial charge in [0.25, 0.3) is 0 Å². The largest absolute Gasteiger partial charge is 0.317 e. The SMILES string of the molecule is O=C(C=Cc1cccn1-c1cc(Cl)cc(Cl)c1)c1ccc(Cl)cc1. The number of carbonyl (C=O) groups excluding carboxylic acids is 1. The molecule has 0 spiro atoms. The van der Waals surface area contributed by atoms with Crippen molar-refractivity contribution in [1.82, 2.24) is 4.57 Å². The van der Waals surface area contributed by atoms with Crippen LogP contribution >= 0.6 is 34.8 Å². The predicted molar refractivity (Wildman–Crippen MR) is 101 cm³/mol. The third kappa shape index (κ3) is 3.90. The van der Waals surface area contributed by atoms with Gasteiger partial charge in [-0.25, -0.2) is 0 Å². The molecule has 0 aliphatic heterocycles. The van der Waals surface area contributed by atoms with Crippen LogP contribution in [0.5, 0.6) is 0 Å². The van der Waals surface area contributed by atoms with Crippen LogP contribution in [-0.2, 0) is 0 Å². The Kier molecular flexibility index (Phi) is 5.10. The normalized spacial score (nSPS) is 11.1. The van der Waals surface area contributed by atoms with Crippen molar-refractivity contribution in [3.05, 3.63) is 93.2 Å². The Balaban J connectivity index is 1.87. The van der Waals surface area contributed by atoms with E-state index < -0.39 is 0 Å². The molecular weight excluding hydrogens is 365 g/mol. The molecule has 0 atom stereocenters. The second kappa shape index (κ2) is 7.27. The van der Waals surface area contributed by atoms with Crippen LogP contribution in [0.3, 0.4) is 0 Å². The molecule has 0 radical (unpaired) electrons. The molecule has 0 unspecified atom stereocenters. The molecule has 0 amide bonds. The van der Waals surface area contributed by atoms with Gasteiger partial charge in [0.15, 0.2) is 5.78 Å². The highest BCUT2D eigenvalue weighted by Crippen LogP contribution is 2.23. The zero-order valence-electron chi connectivity index (χ0n) is 12.4. The zero-order chi connectivity index (χ0) is 17.1. The molecule has 0 bridgehead atoms. The lowest BCUT2D eigenvalue weighted by Crippen LogP contribution is -1.97. The highest BCUT2D eigenvalue weighted by atomic mass is 35.5. The first kappa shape index (κ1) is 16.8. The zero-order valence-corrected chi connectivity index (χ0v) is 14.7. The average molecular weight is 377 g/mol. The highest BCUT2D eigenvalue weighted by molar-refractivity contribution is 6.34. The summed E-state index contributed by atoms with van der Waals surface area (Å²) in [7, 11) is 0. The second-order valence-corrected chi connectivity index (χ2v) is 6.44. The third-order valence-corrected chi connectivity index (χ3v) is 4.13. The standard InChI is InChI=1S/C19H12Cl3NO/c20-14-5-3-13(4-6-14)19(24)8-7-17-2-1-9-23(17)18-11-15(21)10-16(22)12-18/h1-12H. The van der Waals surface area contributed by atoms with E-state index in [2.05, 4.69) is 0 Å². The maximum atomic E-state index is 12.2. The highest BCUT2D eigenvalue weighted by Gasteiger charge is 2.05. The van der Waals surface area contributed by atoms with Crippen LogP contribution in [0.4, 0.5) is 0 Å². The Bertz CT molecular complexity index is 890. The van der Waals surface area contributed by atoms with E-state index in [9.17, 15) is 4.79 Å². The summed E-state index contributed by atoms with van der Waals surface area (Å²) in [5.41, 5.74) is 2.26. The van der Waals surface area contributed by atoms with Crippen LogP contribution < -0.4 is 0 Å². The van der Waals surface area contributed by atoms with Crippen molar-refractivity contribution in [1.29, 1.82) is 0 Å². The van der Waals surface area contributed by atoms with Crippen LogP contribution in [0.1, 0.15) is 16.1 Å². The number of hydrogen-bond donors (Lipinski definition) is 0. The van der Waals surface area contributed by atoms with Crippen molar-refractivity contribution in [2.45, 2.75) is 0 Å². The molecule has 1 heterocycles. The summed E-state index contributed by atoms with van der Waals surface area (Å²) in [5, 5.41) is 1.71. The number of halogens is 3. The third-order valence-electron chi connectivity index (χ3n) is 3.44. The number of allylic oxidation sites excluding steroid dienone is 1. The van der Waals surface area contributed by atoms with Crippen molar-refractivity contribution in [3.63, 3.8) is 0 Å². The molecule has 24 heavy (non-hydrogen) atoms. The first-order valence-corrected chi connectivity index (χ1v) is 8.28. The Morgan fingerprint density at radius 3 is 2.21 bits per heavy atom. The van der Waals surface area contributed by atoms with Crippen molar-refractivity contribution in [3.8, 4) is 5.69 Å². The molecule has 0 saturated carbocycles. The van der Waals surface area contributed by atoms with Gasteiger partial charge in [-0.3, -0.25) is 4.79 Å². The molecule has 2 aromatic carbocycles. The van der Waals surface area contributed by atoms with Crippen molar-refractivity contribution in [2.75, 3.05) is 0 Å². The molecule has 2 nitrogen and oxygen atoms in total. The van der Waals surface area contributed by atoms with E-state index in [4.69, 9.17) is 34.8 Å². The van der Waals surface area contributed by atoms with Crippen LogP contribution in [0.15, 0.2) is 66.9 Å². The maximum Gasteiger partial charge on any atom is 0.185 e. The molecule has 0 aliphatic carbocycles. The van der Waals surface area contributed by atoms with Crippen LogP contribution in [0.25, 0.3) is 11.8 Å². The van der Waals surface area contributed by atoms with Crippen molar-refractivity contribution in [2.24, 2.45) is 0 Å². The first-order chi connectivity index (χ1) is 11.5. The first-order valence-electron chi connectivity index (χ1n) is 7.15. The van der Waals surface area contributed by atoms with E-state index >= 15 is 0 Å². The van der Waals surface area contributed by atoms with Crippen molar-refractivity contribution < 1.29 is 4.79 Å². The lowest BCUT2D eigenvalue weighted by molar-refractivity contribution is 0.104. The summed E-state index contributed by atoms with van der Waals surface area (Å²) >= 11 is 18.0. The molecule has 5 heteroatoms. The fourth-order valence-electron chi connectivity index (χ4n) is 2.31. The van der Waals surface area contributed by atoms with Gasteiger partial charge in [-0.2, -0.15) is 0 Å². The molecular formula is C19H12Cl3NO. The quantitative estimate of drug-likeness (QED) is 0.385. The fraction of sp³-hybridized carbons (Fsp3) is 0. The second-order valence-electron chi connectivity index (χ2n) is 5.14. The Morgan fingerprint density at radius 1 is 0.875 bits per heavy atom. The van der Waals surface area contributed by atoms with E-state index in [1.165, 1.54) is 6.08 Å². The summed E-state index contributed by atoms with van der Waals surface area (Å²) < 4.78 is 1.91. The molecule has 0 N–H and O–H groups in total. The molecule has 1 aromatic heterocycles. The van der Waals surface area contributed by atoms with Gasteiger partial charge in [-0.15, -0.1) is 0 Å². The van der Waals surface area contributed by atoms with Crippen LogP contribution in [0.2, 0.25) is 15.1 Å². The van der Waals surface area contributed by atoms with Gasteiger partial charge in [0.1, 0.15) is 0 Å². The predicted octanol–water partition coefficient (Wildman–Crippen LogP) is 6.33. The van der Waals surface area contributed by atoms with E-state index in [0.717, 1.165) is 11.4 Å². The molecule has 0 saturated heterocycles. The van der Waals surface area contributed by atoms with E-state index in [-0.39, 0.29) is 5.78 Å². The minimum absolute atomic E-state index is 0.0939. The van der Waals surface area contributed by atoms with E-state index in [1.54, 1.807) is 36.4 Å². The lowest BCUT2D eigenvalue weighted by Gasteiger charge is -2.08. The molecule has 3 rings (SSSR count). The van der Waals surface area contributed by atoms with Gasteiger partial charge < -0.3 is 4.57 Å². The number of hydrogen-bond acceptors (Lipinski definition) is 1. The summed E-state index contributed by atoms with van der Waals surface area (Å²) in [5.74, 6) is -0.0939. The van der Waals surface area contributed by atoms with Gasteiger partial charge in [-0.05, 0) is 66.7 Å². The van der Waals surface area contributed by atoms with Gasteiger partial charge in [-0.1, -0.05) is 34.8 Å². The Labute approximate surface area is 154 Å². The topological polar surface area (TPSA) is 22.0 Å². The maximum absolute atomic E-state index is 12.2. The number of nitrogens with zero attached hydrogens (tertiary/aromatic N) is 1. The molecule has 120 valence electrons. The monoisotopic (exact) mass is 375 g/mol. The summed E-state index contributed by atoms with van der Waals surface area (Å²) in [6.07, 6.45) is 5.17. The number of carbonyl (C=O) groups is 1. The number of benzene rings is 2.